The molecule has 1 atom stereocenters. The molecule has 0 aliphatic carbocycles. The van der Waals surface area contributed by atoms with Gasteiger partial charge in [-0.2, -0.15) is 4.98 Å². The normalized spacial score (nSPS) is 22.3. The monoisotopic (exact) mass is 225 g/mol. The zero-order valence-electron chi connectivity index (χ0n) is 10.1. The molecule has 1 aliphatic rings. The molecule has 0 saturated carbocycles. The molecule has 1 aliphatic heterocycles. The quantitative estimate of drug-likeness (QED) is 0.849. The highest BCUT2D eigenvalue weighted by molar-refractivity contribution is 5.00. The van der Waals surface area contributed by atoms with E-state index < -0.39 is 5.60 Å². The Labute approximate surface area is 95.6 Å². The molecule has 0 amide bonds. The molecule has 0 spiro atoms. The summed E-state index contributed by atoms with van der Waals surface area (Å²) in [7, 11) is 1.65. The minimum absolute atomic E-state index is 0.211. The second-order valence-corrected chi connectivity index (χ2v) is 4.67. The Balaban J connectivity index is 2.12. The first kappa shape index (κ1) is 11.5. The number of rotatable bonds is 3. The number of methoxy groups -OCH3 is 1. The number of aromatic nitrogens is 2. The van der Waals surface area contributed by atoms with E-state index in [0.717, 1.165) is 13.0 Å². The van der Waals surface area contributed by atoms with Crippen LogP contribution in [-0.4, -0.2) is 23.8 Å². The van der Waals surface area contributed by atoms with Crippen molar-refractivity contribution in [3.05, 3.63) is 11.7 Å². The Morgan fingerprint density at radius 3 is 2.88 bits per heavy atom. The maximum Gasteiger partial charge on any atom is 0.243 e. The van der Waals surface area contributed by atoms with E-state index >= 15 is 0 Å². The third-order valence-electron chi connectivity index (χ3n) is 3.10. The summed E-state index contributed by atoms with van der Waals surface area (Å²) in [5.74, 6) is 1.29. The summed E-state index contributed by atoms with van der Waals surface area (Å²) < 4.78 is 10.6. The topological polar surface area (TPSA) is 60.2 Å². The Kier molecular flexibility index (Phi) is 3.25. The molecule has 2 heterocycles. The highest BCUT2D eigenvalue weighted by Gasteiger charge is 2.28. The maximum absolute atomic E-state index is 5.32. The molecule has 1 N–H and O–H groups in total. The molecule has 0 aromatic carbocycles. The summed E-state index contributed by atoms with van der Waals surface area (Å²) in [5, 5.41) is 7.36. The van der Waals surface area contributed by atoms with Crippen LogP contribution in [-0.2, 0) is 10.3 Å². The average Bonchev–Trinajstić information content (AvgIpc) is 2.80. The third-order valence-corrected chi connectivity index (χ3v) is 3.10. The van der Waals surface area contributed by atoms with Crippen LogP contribution in [0.25, 0.3) is 0 Å². The van der Waals surface area contributed by atoms with Crippen molar-refractivity contribution in [1.29, 1.82) is 0 Å². The molecule has 0 unspecified atom stereocenters. The standard InChI is InChI=1S/C11H19N3O2/c1-11(2,15-3)10-13-9(16-14-10)8-6-4-5-7-12-8/h8,12H,4-7H2,1-3H3/t8-/m1/s1. The molecule has 1 aromatic rings. The molecule has 2 rings (SSSR count). The highest BCUT2D eigenvalue weighted by atomic mass is 16.5. The van der Waals surface area contributed by atoms with Crippen LogP contribution in [0.5, 0.6) is 0 Å². The van der Waals surface area contributed by atoms with Gasteiger partial charge in [-0.3, -0.25) is 0 Å². The van der Waals surface area contributed by atoms with Gasteiger partial charge in [-0.25, -0.2) is 0 Å². The fraction of sp³-hybridized carbons (Fsp3) is 0.818. The molecular weight excluding hydrogens is 206 g/mol. The zero-order valence-corrected chi connectivity index (χ0v) is 10.1. The maximum atomic E-state index is 5.32. The van der Waals surface area contributed by atoms with Gasteiger partial charge in [0.1, 0.15) is 5.60 Å². The minimum Gasteiger partial charge on any atom is -0.371 e. The summed E-state index contributed by atoms with van der Waals surface area (Å²) in [4.78, 5) is 4.41. The Hall–Kier alpha value is -0.940. The molecule has 16 heavy (non-hydrogen) atoms. The number of nitrogens with zero attached hydrogens (tertiary/aromatic N) is 2. The van der Waals surface area contributed by atoms with Crippen LogP contribution in [0.2, 0.25) is 0 Å². The molecule has 1 fully saturated rings. The lowest BCUT2D eigenvalue weighted by atomic mass is 10.1. The number of hydrogen-bond donors (Lipinski definition) is 1. The molecule has 0 radical (unpaired) electrons. The van der Waals surface area contributed by atoms with Crippen molar-refractivity contribution in [2.24, 2.45) is 0 Å². The van der Waals surface area contributed by atoms with E-state index in [1.165, 1.54) is 12.8 Å². The number of piperidine rings is 1. The number of hydrogen-bond acceptors (Lipinski definition) is 5. The fourth-order valence-electron chi connectivity index (χ4n) is 1.78. The van der Waals surface area contributed by atoms with Gasteiger partial charge in [-0.1, -0.05) is 11.6 Å². The van der Waals surface area contributed by atoms with Crippen LogP contribution in [0.1, 0.15) is 50.9 Å². The van der Waals surface area contributed by atoms with E-state index in [2.05, 4.69) is 15.5 Å². The SMILES string of the molecule is COC(C)(C)c1noc([C@H]2CCCCN2)n1. The van der Waals surface area contributed by atoms with Crippen molar-refractivity contribution >= 4 is 0 Å². The van der Waals surface area contributed by atoms with Crippen molar-refractivity contribution in [3.63, 3.8) is 0 Å². The summed E-state index contributed by atoms with van der Waals surface area (Å²) >= 11 is 0. The lowest BCUT2D eigenvalue weighted by molar-refractivity contribution is 0.00973. The highest BCUT2D eigenvalue weighted by Crippen LogP contribution is 2.25. The van der Waals surface area contributed by atoms with Gasteiger partial charge < -0.3 is 14.6 Å². The fourth-order valence-corrected chi connectivity index (χ4v) is 1.78. The van der Waals surface area contributed by atoms with Crippen molar-refractivity contribution in [1.82, 2.24) is 15.5 Å². The molecule has 1 saturated heterocycles. The molecule has 5 nitrogen and oxygen atoms in total. The van der Waals surface area contributed by atoms with Gasteiger partial charge in [0.25, 0.3) is 0 Å². The van der Waals surface area contributed by atoms with Gasteiger partial charge in [0.05, 0.1) is 6.04 Å². The Bertz CT molecular complexity index is 343. The van der Waals surface area contributed by atoms with Crippen molar-refractivity contribution < 1.29 is 9.26 Å². The number of ether oxygens (including phenoxy) is 1. The van der Waals surface area contributed by atoms with Crippen LogP contribution in [0.4, 0.5) is 0 Å². The van der Waals surface area contributed by atoms with Crippen LogP contribution in [0.15, 0.2) is 4.52 Å². The van der Waals surface area contributed by atoms with Gasteiger partial charge in [0, 0.05) is 7.11 Å². The van der Waals surface area contributed by atoms with Crippen LogP contribution < -0.4 is 5.32 Å². The lowest BCUT2D eigenvalue weighted by Gasteiger charge is -2.20. The molecule has 1 aromatic heterocycles. The molecule has 90 valence electrons. The van der Waals surface area contributed by atoms with Crippen molar-refractivity contribution in [2.75, 3.05) is 13.7 Å². The van der Waals surface area contributed by atoms with E-state index in [0.29, 0.717) is 11.7 Å². The first-order valence-electron chi connectivity index (χ1n) is 5.76. The van der Waals surface area contributed by atoms with Crippen molar-refractivity contribution in [2.45, 2.75) is 44.8 Å². The van der Waals surface area contributed by atoms with Gasteiger partial charge in [-0.05, 0) is 33.2 Å². The predicted octanol–water partition coefficient (Wildman–Crippen LogP) is 1.77. The molecule has 0 bridgehead atoms. The smallest absolute Gasteiger partial charge is 0.243 e. The lowest BCUT2D eigenvalue weighted by Crippen LogP contribution is -2.27. The van der Waals surface area contributed by atoms with Crippen LogP contribution >= 0.6 is 0 Å². The van der Waals surface area contributed by atoms with Gasteiger partial charge in [0.15, 0.2) is 0 Å². The van der Waals surface area contributed by atoms with E-state index in [4.69, 9.17) is 9.26 Å². The molecular formula is C11H19N3O2. The second kappa shape index (κ2) is 4.51. The average molecular weight is 225 g/mol. The third kappa shape index (κ3) is 2.25. The molecule has 5 heteroatoms. The number of nitrogens with one attached hydrogen (secondary N) is 1. The zero-order chi connectivity index (χ0) is 11.6. The van der Waals surface area contributed by atoms with Gasteiger partial charge in [-0.15, -0.1) is 0 Å². The van der Waals surface area contributed by atoms with Crippen LogP contribution in [0.3, 0.4) is 0 Å². The summed E-state index contributed by atoms with van der Waals surface area (Å²) in [6.07, 6.45) is 3.50. The largest absolute Gasteiger partial charge is 0.371 e. The van der Waals surface area contributed by atoms with Gasteiger partial charge >= 0.3 is 0 Å². The van der Waals surface area contributed by atoms with Crippen LogP contribution in [0, 0.1) is 0 Å². The second-order valence-electron chi connectivity index (χ2n) is 4.67. The van der Waals surface area contributed by atoms with E-state index in [1.54, 1.807) is 7.11 Å². The Morgan fingerprint density at radius 2 is 2.25 bits per heavy atom. The first-order chi connectivity index (χ1) is 7.63. The summed E-state index contributed by atoms with van der Waals surface area (Å²) in [6.45, 7) is 4.88. The van der Waals surface area contributed by atoms with E-state index in [-0.39, 0.29) is 6.04 Å². The van der Waals surface area contributed by atoms with Gasteiger partial charge in [0.2, 0.25) is 11.7 Å². The van der Waals surface area contributed by atoms with E-state index in [1.807, 2.05) is 13.8 Å². The van der Waals surface area contributed by atoms with Crippen molar-refractivity contribution in [3.8, 4) is 0 Å². The van der Waals surface area contributed by atoms with E-state index in [9.17, 15) is 0 Å². The predicted molar refractivity (Wildman–Crippen MR) is 58.9 cm³/mol. The Morgan fingerprint density at radius 1 is 1.44 bits per heavy atom. The first-order valence-corrected chi connectivity index (χ1v) is 5.76. The summed E-state index contributed by atoms with van der Waals surface area (Å²) in [5.41, 5.74) is -0.490. The summed E-state index contributed by atoms with van der Waals surface area (Å²) in [6, 6.07) is 0.211. The minimum atomic E-state index is -0.490.